The van der Waals surface area contributed by atoms with Crippen LogP contribution in [0.4, 0.5) is 0 Å². The minimum atomic E-state index is -0.502. The minimum Gasteiger partial charge on any atom is -0.389 e. The van der Waals surface area contributed by atoms with Gasteiger partial charge in [0.15, 0.2) is 0 Å². The lowest BCUT2D eigenvalue weighted by Crippen LogP contribution is -2.30. The fourth-order valence-electron chi connectivity index (χ4n) is 1.63. The molecular formula is C15H22N2O2. The first-order chi connectivity index (χ1) is 9.11. The second kappa shape index (κ2) is 8.65. The summed E-state index contributed by atoms with van der Waals surface area (Å²) in [5.41, 5.74) is 1.69. The molecule has 4 heteroatoms. The number of aliphatic hydroxyl groups is 1. The van der Waals surface area contributed by atoms with Crippen LogP contribution in [0.2, 0.25) is 0 Å². The quantitative estimate of drug-likeness (QED) is 0.748. The molecule has 1 aromatic rings. The Labute approximate surface area is 115 Å². The fourth-order valence-corrected chi connectivity index (χ4v) is 1.63. The van der Waals surface area contributed by atoms with E-state index in [9.17, 15) is 5.11 Å². The molecule has 104 valence electrons. The van der Waals surface area contributed by atoms with Gasteiger partial charge in [-0.15, -0.1) is 0 Å². The Morgan fingerprint density at radius 1 is 1.37 bits per heavy atom. The maximum Gasteiger partial charge on any atom is 0.0991 e. The molecule has 0 saturated carbocycles. The van der Waals surface area contributed by atoms with Gasteiger partial charge in [-0.2, -0.15) is 5.26 Å². The van der Waals surface area contributed by atoms with Gasteiger partial charge < -0.3 is 15.2 Å². The highest BCUT2D eigenvalue weighted by atomic mass is 16.5. The van der Waals surface area contributed by atoms with Gasteiger partial charge in [-0.1, -0.05) is 26.0 Å². The fraction of sp³-hybridized carbons (Fsp3) is 0.533. The first-order valence-electron chi connectivity index (χ1n) is 6.57. The minimum absolute atomic E-state index is 0.351. The van der Waals surface area contributed by atoms with Crippen LogP contribution in [-0.2, 0) is 11.3 Å². The molecule has 4 nitrogen and oxygen atoms in total. The number of benzene rings is 1. The lowest BCUT2D eigenvalue weighted by atomic mass is 10.1. The number of hydrogen-bond acceptors (Lipinski definition) is 4. The van der Waals surface area contributed by atoms with Crippen molar-refractivity contribution in [2.75, 3.05) is 19.8 Å². The van der Waals surface area contributed by atoms with Crippen LogP contribution < -0.4 is 5.32 Å². The molecule has 0 aliphatic carbocycles. The Hall–Kier alpha value is -1.41. The van der Waals surface area contributed by atoms with E-state index in [2.05, 4.69) is 25.2 Å². The average Bonchev–Trinajstić information content (AvgIpc) is 2.38. The molecule has 0 bridgehead atoms. The summed E-state index contributed by atoms with van der Waals surface area (Å²) >= 11 is 0. The molecule has 0 aliphatic heterocycles. The molecule has 0 aromatic heterocycles. The van der Waals surface area contributed by atoms with E-state index >= 15 is 0 Å². The molecule has 0 heterocycles. The zero-order valence-electron chi connectivity index (χ0n) is 11.6. The van der Waals surface area contributed by atoms with Crippen molar-refractivity contribution in [3.05, 3.63) is 35.4 Å². The molecule has 0 amide bonds. The van der Waals surface area contributed by atoms with Crippen molar-refractivity contribution in [1.82, 2.24) is 5.32 Å². The third kappa shape index (κ3) is 6.92. The Bertz CT molecular complexity index is 413. The van der Waals surface area contributed by atoms with Crippen LogP contribution in [0, 0.1) is 17.2 Å². The maximum atomic E-state index is 9.70. The van der Waals surface area contributed by atoms with Crippen LogP contribution in [0.25, 0.3) is 0 Å². The molecule has 1 unspecified atom stereocenters. The van der Waals surface area contributed by atoms with Crippen molar-refractivity contribution in [1.29, 1.82) is 5.26 Å². The number of nitrogens with zero attached hydrogens (tertiary/aromatic N) is 1. The van der Waals surface area contributed by atoms with E-state index in [0.717, 1.165) is 5.56 Å². The van der Waals surface area contributed by atoms with Crippen LogP contribution in [-0.4, -0.2) is 31.0 Å². The molecule has 0 spiro atoms. The molecule has 19 heavy (non-hydrogen) atoms. The molecule has 0 radical (unpaired) electrons. The normalized spacial score (nSPS) is 12.4. The molecule has 0 aliphatic rings. The summed E-state index contributed by atoms with van der Waals surface area (Å²) in [7, 11) is 0. The molecule has 1 rings (SSSR count). The molecule has 1 aromatic carbocycles. The highest BCUT2D eigenvalue weighted by molar-refractivity contribution is 5.32. The highest BCUT2D eigenvalue weighted by Crippen LogP contribution is 2.03. The van der Waals surface area contributed by atoms with Crippen LogP contribution in [0.5, 0.6) is 0 Å². The van der Waals surface area contributed by atoms with Crippen LogP contribution in [0.3, 0.4) is 0 Å². The van der Waals surface area contributed by atoms with Crippen molar-refractivity contribution in [3.8, 4) is 6.07 Å². The molecule has 2 N–H and O–H groups in total. The van der Waals surface area contributed by atoms with Gasteiger partial charge in [0.05, 0.1) is 24.3 Å². The summed E-state index contributed by atoms with van der Waals surface area (Å²) in [6, 6.07) is 9.54. The van der Waals surface area contributed by atoms with E-state index in [1.54, 1.807) is 6.07 Å². The second-order valence-corrected chi connectivity index (χ2v) is 5.03. The van der Waals surface area contributed by atoms with E-state index in [1.807, 2.05) is 18.2 Å². The van der Waals surface area contributed by atoms with Crippen molar-refractivity contribution in [2.24, 2.45) is 5.92 Å². The van der Waals surface area contributed by atoms with Gasteiger partial charge in [0.1, 0.15) is 0 Å². The van der Waals surface area contributed by atoms with Crippen LogP contribution in [0.15, 0.2) is 24.3 Å². The van der Waals surface area contributed by atoms with Gasteiger partial charge in [0, 0.05) is 19.7 Å². The summed E-state index contributed by atoms with van der Waals surface area (Å²) in [5, 5.41) is 21.6. The van der Waals surface area contributed by atoms with Crippen molar-refractivity contribution < 1.29 is 9.84 Å². The van der Waals surface area contributed by atoms with Crippen LogP contribution >= 0.6 is 0 Å². The summed E-state index contributed by atoms with van der Waals surface area (Å²) < 4.78 is 5.36. The topological polar surface area (TPSA) is 65.3 Å². The molecule has 0 saturated heterocycles. The van der Waals surface area contributed by atoms with Gasteiger partial charge in [0.2, 0.25) is 0 Å². The first kappa shape index (κ1) is 15.6. The van der Waals surface area contributed by atoms with Crippen molar-refractivity contribution >= 4 is 0 Å². The van der Waals surface area contributed by atoms with E-state index in [0.29, 0.717) is 37.8 Å². The Balaban J connectivity index is 2.20. The predicted octanol–water partition coefficient (Wildman–Crippen LogP) is 1.68. The number of nitrogens with one attached hydrogen (secondary N) is 1. The largest absolute Gasteiger partial charge is 0.389 e. The Morgan fingerprint density at radius 3 is 2.84 bits per heavy atom. The molecular weight excluding hydrogens is 240 g/mol. The predicted molar refractivity (Wildman–Crippen MR) is 74.5 cm³/mol. The lowest BCUT2D eigenvalue weighted by Gasteiger charge is -2.13. The van der Waals surface area contributed by atoms with Crippen molar-refractivity contribution in [3.63, 3.8) is 0 Å². The lowest BCUT2D eigenvalue weighted by molar-refractivity contribution is 0.0260. The first-order valence-corrected chi connectivity index (χ1v) is 6.57. The number of ether oxygens (including phenoxy) is 1. The smallest absolute Gasteiger partial charge is 0.0991 e. The highest BCUT2D eigenvalue weighted by Gasteiger charge is 2.04. The van der Waals surface area contributed by atoms with E-state index in [1.165, 1.54) is 0 Å². The number of nitriles is 1. The van der Waals surface area contributed by atoms with Gasteiger partial charge in [-0.3, -0.25) is 0 Å². The third-order valence-electron chi connectivity index (χ3n) is 2.53. The summed E-state index contributed by atoms with van der Waals surface area (Å²) in [6.45, 7) is 6.29. The van der Waals surface area contributed by atoms with E-state index in [-0.39, 0.29) is 0 Å². The summed E-state index contributed by atoms with van der Waals surface area (Å²) in [6.07, 6.45) is -0.502. The maximum absolute atomic E-state index is 9.70. The zero-order chi connectivity index (χ0) is 14.1. The van der Waals surface area contributed by atoms with E-state index < -0.39 is 6.10 Å². The van der Waals surface area contributed by atoms with Gasteiger partial charge in [-0.25, -0.2) is 0 Å². The average molecular weight is 262 g/mol. The third-order valence-corrected chi connectivity index (χ3v) is 2.53. The standard InChI is InChI=1S/C15H22N2O2/c1-12(2)10-19-11-15(18)9-17-8-14-5-3-4-13(6-14)7-16/h3-6,12,15,17-18H,8-11H2,1-2H3. The summed E-state index contributed by atoms with van der Waals surface area (Å²) in [5.74, 6) is 0.480. The monoisotopic (exact) mass is 262 g/mol. The van der Waals surface area contributed by atoms with Gasteiger partial charge in [-0.05, 0) is 23.6 Å². The van der Waals surface area contributed by atoms with Crippen LogP contribution in [0.1, 0.15) is 25.0 Å². The van der Waals surface area contributed by atoms with Gasteiger partial charge in [0.25, 0.3) is 0 Å². The second-order valence-electron chi connectivity index (χ2n) is 5.03. The SMILES string of the molecule is CC(C)COCC(O)CNCc1cccc(C#N)c1. The molecule has 0 fully saturated rings. The number of aliphatic hydroxyl groups excluding tert-OH is 1. The number of hydrogen-bond donors (Lipinski definition) is 2. The Morgan fingerprint density at radius 2 is 2.16 bits per heavy atom. The van der Waals surface area contributed by atoms with E-state index in [4.69, 9.17) is 10.00 Å². The number of rotatable bonds is 8. The van der Waals surface area contributed by atoms with Crippen molar-refractivity contribution in [2.45, 2.75) is 26.5 Å². The molecule has 1 atom stereocenters. The Kier molecular flexibility index (Phi) is 7.12. The van der Waals surface area contributed by atoms with Gasteiger partial charge >= 0.3 is 0 Å². The zero-order valence-corrected chi connectivity index (χ0v) is 11.6. The summed E-state index contributed by atoms with van der Waals surface area (Å²) in [4.78, 5) is 0.